The molecule has 2 rings (SSSR count). The zero-order valence-electron chi connectivity index (χ0n) is 12.9. The van der Waals surface area contributed by atoms with Gasteiger partial charge in [-0.2, -0.15) is 5.10 Å². The van der Waals surface area contributed by atoms with Crippen LogP contribution in [-0.2, 0) is 10.3 Å². The Morgan fingerprint density at radius 2 is 1.90 bits per heavy atom. The van der Waals surface area contributed by atoms with Gasteiger partial charge in [0.05, 0.1) is 19.9 Å². The fourth-order valence-corrected chi connectivity index (χ4v) is 2.49. The topological polar surface area (TPSA) is 56.5 Å². The molecule has 1 unspecified atom stereocenters. The molecule has 0 saturated heterocycles. The molecule has 0 amide bonds. The lowest BCUT2D eigenvalue weighted by Crippen LogP contribution is -2.36. The number of aliphatic hydroxyl groups is 1. The van der Waals surface area contributed by atoms with Gasteiger partial charge in [-0.1, -0.05) is 30.3 Å². The highest BCUT2D eigenvalue weighted by Crippen LogP contribution is 2.37. The van der Waals surface area contributed by atoms with Crippen molar-refractivity contribution >= 4 is 0 Å². The molecule has 5 nitrogen and oxygen atoms in total. The molecule has 0 aliphatic rings. The molecule has 0 bridgehead atoms. The van der Waals surface area contributed by atoms with Crippen LogP contribution < -0.4 is 4.74 Å². The van der Waals surface area contributed by atoms with Gasteiger partial charge in [0.1, 0.15) is 5.69 Å². The Bertz CT molecular complexity index is 580. The van der Waals surface area contributed by atoms with Crippen LogP contribution in [0, 0.1) is 0 Å². The molecule has 1 aromatic carbocycles. The molecule has 5 heteroatoms. The van der Waals surface area contributed by atoms with Gasteiger partial charge in [-0.15, -0.1) is 0 Å². The first-order valence-corrected chi connectivity index (χ1v) is 6.93. The minimum Gasteiger partial charge on any atom is -0.493 e. The van der Waals surface area contributed by atoms with E-state index in [1.807, 2.05) is 44.2 Å². The van der Waals surface area contributed by atoms with Crippen LogP contribution >= 0.6 is 0 Å². The lowest BCUT2D eigenvalue weighted by atomic mass is 9.90. The molecule has 1 N–H and O–H groups in total. The fourth-order valence-electron chi connectivity index (χ4n) is 2.49. The van der Waals surface area contributed by atoms with Crippen molar-refractivity contribution in [3.05, 3.63) is 47.8 Å². The maximum atomic E-state index is 11.3. The van der Waals surface area contributed by atoms with Gasteiger partial charge in [0.15, 0.2) is 11.4 Å². The van der Waals surface area contributed by atoms with Gasteiger partial charge >= 0.3 is 0 Å². The van der Waals surface area contributed by atoms with E-state index >= 15 is 0 Å². The van der Waals surface area contributed by atoms with Crippen LogP contribution in [0.5, 0.6) is 5.75 Å². The highest BCUT2D eigenvalue weighted by atomic mass is 16.5. The molecule has 1 aromatic heterocycles. The zero-order chi connectivity index (χ0) is 15.5. The normalized spacial score (nSPS) is 14.2. The Morgan fingerprint density at radius 3 is 2.43 bits per heavy atom. The molecule has 0 spiro atoms. The number of nitrogens with zero attached hydrogens (tertiary/aromatic N) is 2. The van der Waals surface area contributed by atoms with E-state index in [0.29, 0.717) is 11.4 Å². The van der Waals surface area contributed by atoms with E-state index in [0.717, 1.165) is 5.56 Å². The van der Waals surface area contributed by atoms with Gasteiger partial charge in [-0.3, -0.25) is 4.68 Å². The predicted molar refractivity (Wildman–Crippen MR) is 80.5 cm³/mol. The molecule has 0 aliphatic carbocycles. The number of methoxy groups -OCH3 is 2. The van der Waals surface area contributed by atoms with Gasteiger partial charge in [-0.25, -0.2) is 0 Å². The van der Waals surface area contributed by atoms with Crippen molar-refractivity contribution in [3.63, 3.8) is 0 Å². The summed E-state index contributed by atoms with van der Waals surface area (Å²) >= 11 is 0. The minimum absolute atomic E-state index is 0.0935. The SMILES string of the molecule is COCC(O)(c1ccccc1)c1c(OC)cnn1C(C)C. The molecule has 0 fully saturated rings. The van der Waals surface area contributed by atoms with Crippen molar-refractivity contribution < 1.29 is 14.6 Å². The zero-order valence-corrected chi connectivity index (χ0v) is 12.9. The number of hydrogen-bond acceptors (Lipinski definition) is 4. The molecule has 0 aliphatic heterocycles. The first-order chi connectivity index (χ1) is 10.0. The van der Waals surface area contributed by atoms with E-state index < -0.39 is 5.60 Å². The Labute approximate surface area is 125 Å². The molecule has 0 radical (unpaired) electrons. The number of rotatable bonds is 6. The first-order valence-electron chi connectivity index (χ1n) is 6.93. The van der Waals surface area contributed by atoms with E-state index in [4.69, 9.17) is 9.47 Å². The van der Waals surface area contributed by atoms with Gasteiger partial charge in [0, 0.05) is 13.2 Å². The predicted octanol–water partition coefficient (Wildman–Crippen LogP) is 2.35. The monoisotopic (exact) mass is 290 g/mol. The van der Waals surface area contributed by atoms with E-state index in [1.54, 1.807) is 25.1 Å². The van der Waals surface area contributed by atoms with Crippen LogP contribution in [0.4, 0.5) is 0 Å². The summed E-state index contributed by atoms with van der Waals surface area (Å²) in [5, 5.41) is 15.7. The fraction of sp³-hybridized carbons (Fsp3) is 0.438. The summed E-state index contributed by atoms with van der Waals surface area (Å²) in [7, 11) is 3.14. The number of hydrogen-bond donors (Lipinski definition) is 1. The van der Waals surface area contributed by atoms with Gasteiger partial charge in [-0.05, 0) is 19.4 Å². The third-order valence-electron chi connectivity index (χ3n) is 3.47. The molecule has 0 saturated carbocycles. The molecule has 1 heterocycles. The minimum atomic E-state index is -1.32. The molecular weight excluding hydrogens is 268 g/mol. The Morgan fingerprint density at radius 1 is 1.24 bits per heavy atom. The average Bonchev–Trinajstić information content (AvgIpc) is 2.93. The van der Waals surface area contributed by atoms with E-state index in [-0.39, 0.29) is 12.6 Å². The summed E-state index contributed by atoms with van der Waals surface area (Å²) in [5.41, 5.74) is 0.0304. The molecule has 1 atom stereocenters. The second kappa shape index (κ2) is 6.28. The Hall–Kier alpha value is -1.85. The molecule has 21 heavy (non-hydrogen) atoms. The van der Waals surface area contributed by atoms with Crippen molar-refractivity contribution in [3.8, 4) is 5.75 Å². The van der Waals surface area contributed by atoms with E-state index in [2.05, 4.69) is 5.10 Å². The van der Waals surface area contributed by atoms with Crippen LogP contribution in [0.1, 0.15) is 31.1 Å². The summed E-state index contributed by atoms with van der Waals surface area (Å²) < 4.78 is 12.4. The van der Waals surface area contributed by atoms with Crippen molar-refractivity contribution in [2.45, 2.75) is 25.5 Å². The second-order valence-corrected chi connectivity index (χ2v) is 5.26. The second-order valence-electron chi connectivity index (χ2n) is 5.26. The number of aromatic nitrogens is 2. The maximum absolute atomic E-state index is 11.3. The van der Waals surface area contributed by atoms with E-state index in [1.165, 1.54) is 0 Å². The van der Waals surface area contributed by atoms with Gasteiger partial charge < -0.3 is 14.6 Å². The number of benzene rings is 1. The molecule has 2 aromatic rings. The van der Waals surface area contributed by atoms with E-state index in [9.17, 15) is 5.11 Å². The standard InChI is InChI=1S/C16H22N2O3/c1-12(2)18-15(14(21-4)10-17-18)16(19,11-20-3)13-8-6-5-7-9-13/h5-10,12,19H,11H2,1-4H3. The highest BCUT2D eigenvalue weighted by molar-refractivity contribution is 5.40. The lowest BCUT2D eigenvalue weighted by molar-refractivity contribution is -0.0118. The van der Waals surface area contributed by atoms with Crippen molar-refractivity contribution in [2.75, 3.05) is 20.8 Å². The third-order valence-corrected chi connectivity index (χ3v) is 3.47. The summed E-state index contributed by atoms with van der Waals surface area (Å²) in [6.07, 6.45) is 1.62. The summed E-state index contributed by atoms with van der Waals surface area (Å²) in [5.74, 6) is 0.548. The number of ether oxygens (including phenoxy) is 2. The maximum Gasteiger partial charge on any atom is 0.163 e. The van der Waals surface area contributed by atoms with Crippen LogP contribution in [0.2, 0.25) is 0 Å². The van der Waals surface area contributed by atoms with Crippen molar-refractivity contribution in [1.82, 2.24) is 9.78 Å². The van der Waals surface area contributed by atoms with Crippen molar-refractivity contribution in [2.24, 2.45) is 0 Å². The lowest BCUT2D eigenvalue weighted by Gasteiger charge is -2.30. The van der Waals surface area contributed by atoms with Crippen LogP contribution in [0.25, 0.3) is 0 Å². The Kier molecular flexibility index (Phi) is 4.65. The largest absolute Gasteiger partial charge is 0.493 e. The van der Waals surface area contributed by atoms with Gasteiger partial charge in [0.25, 0.3) is 0 Å². The summed E-state index contributed by atoms with van der Waals surface area (Å²) in [6.45, 7) is 4.13. The Balaban J connectivity index is 2.65. The smallest absolute Gasteiger partial charge is 0.163 e. The van der Waals surface area contributed by atoms with Crippen LogP contribution in [-0.4, -0.2) is 35.7 Å². The summed E-state index contributed by atoms with van der Waals surface area (Å²) in [4.78, 5) is 0. The average molecular weight is 290 g/mol. The highest BCUT2D eigenvalue weighted by Gasteiger charge is 2.39. The van der Waals surface area contributed by atoms with Crippen LogP contribution in [0.15, 0.2) is 36.5 Å². The molecular formula is C16H22N2O3. The van der Waals surface area contributed by atoms with Crippen LogP contribution in [0.3, 0.4) is 0 Å². The quantitative estimate of drug-likeness (QED) is 0.887. The third kappa shape index (κ3) is 2.80. The first kappa shape index (κ1) is 15.5. The van der Waals surface area contributed by atoms with Gasteiger partial charge in [0.2, 0.25) is 0 Å². The van der Waals surface area contributed by atoms with Crippen molar-refractivity contribution in [1.29, 1.82) is 0 Å². The summed E-state index contributed by atoms with van der Waals surface area (Å²) in [6, 6.07) is 9.52. The molecule has 114 valence electrons.